The van der Waals surface area contributed by atoms with Crippen molar-refractivity contribution in [2.45, 2.75) is 6.42 Å². The lowest BCUT2D eigenvalue weighted by atomic mass is 10.1. The van der Waals surface area contributed by atoms with E-state index in [1.807, 2.05) is 24.3 Å². The van der Waals surface area contributed by atoms with Gasteiger partial charge in [0, 0.05) is 16.6 Å². The Morgan fingerprint density at radius 3 is 2.39 bits per heavy atom. The van der Waals surface area contributed by atoms with Gasteiger partial charge in [0.1, 0.15) is 0 Å². The van der Waals surface area contributed by atoms with Crippen LogP contribution in [0.4, 0.5) is 5.69 Å². The summed E-state index contributed by atoms with van der Waals surface area (Å²) in [5.41, 5.74) is 3.94. The molecule has 0 aliphatic carbocycles. The number of ether oxygens (including phenoxy) is 2. The van der Waals surface area contributed by atoms with Gasteiger partial charge in [-0.25, -0.2) is 10.2 Å². The molecular formula is C23H18BrN3O6. The highest BCUT2D eigenvalue weighted by molar-refractivity contribution is 9.10. The lowest BCUT2D eigenvalue weighted by molar-refractivity contribution is -0.384. The minimum atomic E-state index is -0.690. The molecule has 0 saturated heterocycles. The van der Waals surface area contributed by atoms with Crippen LogP contribution in [-0.2, 0) is 11.2 Å². The summed E-state index contributed by atoms with van der Waals surface area (Å²) >= 11 is 3.34. The van der Waals surface area contributed by atoms with Crippen LogP contribution in [0.5, 0.6) is 11.5 Å². The first-order valence-corrected chi connectivity index (χ1v) is 10.4. The lowest BCUT2D eigenvalue weighted by Gasteiger charge is -2.10. The molecule has 3 aromatic rings. The van der Waals surface area contributed by atoms with Crippen molar-refractivity contribution in [1.29, 1.82) is 0 Å². The summed E-state index contributed by atoms with van der Waals surface area (Å²) in [5, 5.41) is 14.7. The van der Waals surface area contributed by atoms with Crippen molar-refractivity contribution in [2.24, 2.45) is 5.10 Å². The number of hydrazone groups is 1. The zero-order valence-corrected chi connectivity index (χ0v) is 18.9. The number of hydrogen-bond acceptors (Lipinski definition) is 7. The lowest BCUT2D eigenvalue weighted by Crippen LogP contribution is -2.19. The normalized spacial score (nSPS) is 10.6. The van der Waals surface area contributed by atoms with E-state index in [1.165, 1.54) is 43.7 Å². The van der Waals surface area contributed by atoms with E-state index < -0.39 is 10.9 Å². The van der Waals surface area contributed by atoms with Crippen molar-refractivity contribution in [1.82, 2.24) is 5.43 Å². The fourth-order valence-electron chi connectivity index (χ4n) is 2.73. The van der Waals surface area contributed by atoms with E-state index in [4.69, 9.17) is 9.47 Å². The number of benzene rings is 3. The van der Waals surface area contributed by atoms with Crippen LogP contribution in [0.15, 0.2) is 76.3 Å². The number of carbonyl (C=O) groups excluding carboxylic acids is 2. The molecule has 33 heavy (non-hydrogen) atoms. The number of nitrogens with zero attached hydrogens (tertiary/aromatic N) is 2. The molecule has 10 heteroatoms. The number of carbonyl (C=O) groups is 2. The van der Waals surface area contributed by atoms with Crippen LogP contribution in [0.25, 0.3) is 0 Å². The van der Waals surface area contributed by atoms with E-state index in [1.54, 1.807) is 12.1 Å². The Morgan fingerprint density at radius 1 is 1.06 bits per heavy atom. The number of rotatable bonds is 8. The number of esters is 1. The molecule has 0 radical (unpaired) electrons. The summed E-state index contributed by atoms with van der Waals surface area (Å²) in [4.78, 5) is 34.5. The van der Waals surface area contributed by atoms with Crippen molar-refractivity contribution in [3.05, 3.63) is 98.0 Å². The van der Waals surface area contributed by atoms with Gasteiger partial charge in [-0.2, -0.15) is 5.10 Å². The van der Waals surface area contributed by atoms with Crippen LogP contribution in [0, 0.1) is 10.1 Å². The first-order valence-electron chi connectivity index (χ1n) is 9.56. The fourth-order valence-corrected chi connectivity index (χ4v) is 3.00. The highest BCUT2D eigenvalue weighted by atomic mass is 79.9. The Morgan fingerprint density at radius 2 is 1.76 bits per heavy atom. The number of nitro benzene ring substituents is 1. The molecule has 3 aromatic carbocycles. The quantitative estimate of drug-likeness (QED) is 0.158. The van der Waals surface area contributed by atoms with E-state index in [0.717, 1.165) is 10.0 Å². The number of hydrogen-bond donors (Lipinski definition) is 1. The molecule has 1 N–H and O–H groups in total. The van der Waals surface area contributed by atoms with E-state index >= 15 is 0 Å². The SMILES string of the molecule is COc1cc(/C=N\NC(=O)Cc2ccc(Br)cc2)ccc1OC(=O)c1ccc([N+](=O)[O-])cc1. The Bertz CT molecular complexity index is 1190. The molecule has 3 rings (SSSR count). The van der Waals surface area contributed by atoms with Crippen LogP contribution in [0.1, 0.15) is 21.5 Å². The van der Waals surface area contributed by atoms with Gasteiger partial charge in [-0.1, -0.05) is 28.1 Å². The van der Waals surface area contributed by atoms with Gasteiger partial charge in [0.15, 0.2) is 11.5 Å². The molecular weight excluding hydrogens is 494 g/mol. The zero-order chi connectivity index (χ0) is 23.8. The van der Waals surface area contributed by atoms with E-state index in [2.05, 4.69) is 26.5 Å². The fraction of sp³-hybridized carbons (Fsp3) is 0.0870. The number of nitro groups is 1. The van der Waals surface area contributed by atoms with Crippen LogP contribution in [-0.4, -0.2) is 30.1 Å². The first-order chi connectivity index (χ1) is 15.9. The van der Waals surface area contributed by atoms with Gasteiger partial charge in [-0.3, -0.25) is 14.9 Å². The molecule has 0 unspecified atom stereocenters. The Labute approximate surface area is 197 Å². The van der Waals surface area contributed by atoms with Gasteiger partial charge in [-0.15, -0.1) is 0 Å². The molecule has 0 heterocycles. The number of methoxy groups -OCH3 is 1. The monoisotopic (exact) mass is 511 g/mol. The molecule has 0 aliphatic rings. The summed E-state index contributed by atoms with van der Waals surface area (Å²) in [6.45, 7) is 0. The van der Waals surface area contributed by atoms with Gasteiger partial charge in [0.25, 0.3) is 5.69 Å². The molecule has 0 fully saturated rings. The molecule has 0 saturated carbocycles. The largest absolute Gasteiger partial charge is 0.493 e. The van der Waals surface area contributed by atoms with Gasteiger partial charge in [0.2, 0.25) is 5.91 Å². The van der Waals surface area contributed by atoms with Crippen molar-refractivity contribution in [3.63, 3.8) is 0 Å². The average molecular weight is 512 g/mol. The summed E-state index contributed by atoms with van der Waals surface area (Å²) in [7, 11) is 1.42. The van der Waals surface area contributed by atoms with Crippen LogP contribution < -0.4 is 14.9 Å². The van der Waals surface area contributed by atoms with Crippen molar-refractivity contribution in [3.8, 4) is 11.5 Å². The predicted octanol–water partition coefficient (Wildman–Crippen LogP) is 4.28. The summed E-state index contributed by atoms with van der Waals surface area (Å²) < 4.78 is 11.5. The molecule has 1 amide bonds. The molecule has 9 nitrogen and oxygen atoms in total. The van der Waals surface area contributed by atoms with Gasteiger partial charge < -0.3 is 9.47 Å². The van der Waals surface area contributed by atoms with Gasteiger partial charge in [0.05, 0.1) is 30.2 Å². The Balaban J connectivity index is 1.61. The van der Waals surface area contributed by atoms with Crippen molar-refractivity contribution < 1.29 is 24.0 Å². The summed E-state index contributed by atoms with van der Waals surface area (Å²) in [5.74, 6) is -0.522. The maximum Gasteiger partial charge on any atom is 0.343 e. The third kappa shape index (κ3) is 6.71. The number of non-ortho nitro benzene ring substituents is 1. The van der Waals surface area contributed by atoms with Crippen LogP contribution >= 0.6 is 15.9 Å². The maximum absolute atomic E-state index is 12.3. The minimum absolute atomic E-state index is 0.128. The maximum atomic E-state index is 12.3. The van der Waals surface area contributed by atoms with Gasteiger partial charge in [-0.05, 0) is 53.6 Å². The predicted molar refractivity (Wildman–Crippen MR) is 125 cm³/mol. The van der Waals surface area contributed by atoms with Crippen molar-refractivity contribution in [2.75, 3.05) is 7.11 Å². The third-order valence-electron chi connectivity index (χ3n) is 4.38. The summed E-state index contributed by atoms with van der Waals surface area (Å²) in [6, 6.07) is 17.2. The van der Waals surface area contributed by atoms with Crippen LogP contribution in [0.2, 0.25) is 0 Å². The molecule has 0 bridgehead atoms. The standard InChI is InChI=1S/C23H18BrN3O6/c1-32-21-12-16(14-25-26-22(28)13-15-2-7-18(24)8-3-15)4-11-20(21)33-23(29)17-5-9-19(10-6-17)27(30)31/h2-12,14H,13H2,1H3,(H,26,28)/b25-14-. The number of amides is 1. The summed E-state index contributed by atoms with van der Waals surface area (Å²) in [6.07, 6.45) is 1.62. The highest BCUT2D eigenvalue weighted by Crippen LogP contribution is 2.28. The van der Waals surface area contributed by atoms with E-state index in [-0.39, 0.29) is 35.1 Å². The van der Waals surface area contributed by atoms with E-state index in [9.17, 15) is 19.7 Å². The third-order valence-corrected chi connectivity index (χ3v) is 4.91. The average Bonchev–Trinajstić information content (AvgIpc) is 2.81. The Hall–Kier alpha value is -4.05. The zero-order valence-electron chi connectivity index (χ0n) is 17.4. The van der Waals surface area contributed by atoms with Crippen LogP contribution in [0.3, 0.4) is 0 Å². The molecule has 0 atom stereocenters. The van der Waals surface area contributed by atoms with Crippen molar-refractivity contribution >= 4 is 39.7 Å². The van der Waals surface area contributed by atoms with E-state index in [0.29, 0.717) is 5.56 Å². The smallest absolute Gasteiger partial charge is 0.343 e. The molecule has 0 spiro atoms. The number of halogens is 1. The molecule has 0 aliphatic heterocycles. The Kier molecular flexibility index (Phi) is 7.87. The van der Waals surface area contributed by atoms with Gasteiger partial charge >= 0.3 is 5.97 Å². The molecule has 0 aromatic heterocycles. The first kappa shape index (κ1) is 23.6. The highest BCUT2D eigenvalue weighted by Gasteiger charge is 2.14. The second kappa shape index (κ2) is 11.0. The second-order valence-corrected chi connectivity index (χ2v) is 7.62. The molecule has 168 valence electrons. The number of nitrogens with one attached hydrogen (secondary N) is 1. The minimum Gasteiger partial charge on any atom is -0.493 e. The second-order valence-electron chi connectivity index (χ2n) is 6.70. The topological polar surface area (TPSA) is 120 Å².